The Morgan fingerprint density at radius 2 is 1.83 bits per heavy atom. The van der Waals surface area contributed by atoms with Crippen LogP contribution in [-0.4, -0.2) is 70.7 Å². The highest BCUT2D eigenvalue weighted by Gasteiger charge is 2.44. The number of rotatable bonds is 6. The lowest BCUT2D eigenvalue weighted by molar-refractivity contribution is -0.907. The van der Waals surface area contributed by atoms with Crippen molar-refractivity contribution in [2.45, 2.75) is 13.0 Å². The molecule has 3 aromatic rings. The molecule has 1 amide bonds. The van der Waals surface area contributed by atoms with Gasteiger partial charge in [-0.25, -0.2) is 4.68 Å². The van der Waals surface area contributed by atoms with Gasteiger partial charge in [0.15, 0.2) is 0 Å². The van der Waals surface area contributed by atoms with Gasteiger partial charge in [0.1, 0.15) is 13.1 Å². The summed E-state index contributed by atoms with van der Waals surface area (Å²) in [5.41, 5.74) is 2.38. The molecule has 2 aliphatic rings. The quantitative estimate of drug-likeness (QED) is 0.300. The number of benzene rings is 1. The lowest BCUT2D eigenvalue weighted by atomic mass is 9.96. The minimum absolute atomic E-state index is 0.0334. The van der Waals surface area contributed by atoms with Crippen LogP contribution in [0.3, 0.4) is 0 Å². The second-order valence-corrected chi connectivity index (χ2v) is 8.76. The standard InChI is InChI=1S/C26H27N5O4/c1-18-21(17-28-31(18)20-5-3-2-4-6-20)24(32)22-23(19-7-9-27-10-8-19)30(26(34)25(22)33)12-11-29-13-15-35-16-14-29/h2-10,17,23,32H,11-16H2,1H3. The first kappa shape index (κ1) is 22.9. The third-order valence-electron chi connectivity index (χ3n) is 6.71. The largest absolute Gasteiger partial charge is 0.872 e. The average Bonchev–Trinajstić information content (AvgIpc) is 3.41. The molecule has 2 saturated heterocycles. The predicted molar refractivity (Wildman–Crippen MR) is 125 cm³/mol. The lowest BCUT2D eigenvalue weighted by Crippen LogP contribution is -3.14. The van der Waals surface area contributed by atoms with Gasteiger partial charge in [0.25, 0.3) is 5.91 Å². The molecule has 2 aromatic heterocycles. The molecule has 9 nitrogen and oxygen atoms in total. The van der Waals surface area contributed by atoms with Gasteiger partial charge in [-0.2, -0.15) is 5.10 Å². The zero-order chi connectivity index (χ0) is 24.4. The Bertz CT molecular complexity index is 1250. The van der Waals surface area contributed by atoms with Gasteiger partial charge in [0.05, 0.1) is 44.2 Å². The third-order valence-corrected chi connectivity index (χ3v) is 6.71. The summed E-state index contributed by atoms with van der Waals surface area (Å²) in [6.07, 6.45) is 4.68. The maximum Gasteiger partial charge on any atom is 0.295 e. The number of likely N-dealkylation sites (tertiary alicyclic amines) is 1. The topological polar surface area (TPSA) is 105 Å². The van der Waals surface area contributed by atoms with Crippen LogP contribution in [0.15, 0.2) is 66.6 Å². The number of ether oxygens (including phenoxy) is 1. The van der Waals surface area contributed by atoms with Gasteiger partial charge in [-0.05, 0) is 36.8 Å². The number of carbonyl (C=O) groups excluding carboxylic acids is 2. The monoisotopic (exact) mass is 473 g/mol. The highest BCUT2D eigenvalue weighted by atomic mass is 16.5. The summed E-state index contributed by atoms with van der Waals surface area (Å²) in [6, 6.07) is 12.2. The van der Waals surface area contributed by atoms with Crippen LogP contribution in [0, 0.1) is 6.92 Å². The molecule has 9 heteroatoms. The fraction of sp³-hybridized carbons (Fsp3) is 0.308. The summed E-state index contributed by atoms with van der Waals surface area (Å²) in [5, 5.41) is 18.2. The van der Waals surface area contributed by atoms with Gasteiger partial charge in [-0.15, -0.1) is 0 Å². The van der Waals surface area contributed by atoms with Gasteiger partial charge in [0, 0.05) is 29.2 Å². The van der Waals surface area contributed by atoms with Crippen molar-refractivity contribution >= 4 is 17.4 Å². The summed E-state index contributed by atoms with van der Waals surface area (Å²) in [5.74, 6) is -1.86. The van der Waals surface area contributed by atoms with E-state index >= 15 is 0 Å². The van der Waals surface area contributed by atoms with E-state index in [4.69, 9.17) is 4.74 Å². The number of morpholine rings is 1. The number of carbonyl (C=O) groups is 2. The van der Waals surface area contributed by atoms with Gasteiger partial charge >= 0.3 is 0 Å². The van der Waals surface area contributed by atoms with Crippen molar-refractivity contribution in [3.05, 3.63) is 83.4 Å². The summed E-state index contributed by atoms with van der Waals surface area (Å²) < 4.78 is 7.09. The molecule has 1 N–H and O–H groups in total. The van der Waals surface area contributed by atoms with Gasteiger partial charge in [-0.3, -0.25) is 14.6 Å². The van der Waals surface area contributed by atoms with Crippen LogP contribution in [0.2, 0.25) is 0 Å². The van der Waals surface area contributed by atoms with E-state index in [2.05, 4.69) is 10.1 Å². The normalized spacial score (nSPS) is 20.5. The number of hydrogen-bond donors (Lipinski definition) is 1. The zero-order valence-corrected chi connectivity index (χ0v) is 19.5. The van der Waals surface area contributed by atoms with Gasteiger partial charge < -0.3 is 19.6 Å². The van der Waals surface area contributed by atoms with E-state index in [0.717, 1.165) is 18.8 Å². The van der Waals surface area contributed by atoms with Crippen LogP contribution in [0.25, 0.3) is 11.4 Å². The first-order valence-electron chi connectivity index (χ1n) is 11.7. The molecule has 0 saturated carbocycles. The van der Waals surface area contributed by atoms with Crippen molar-refractivity contribution in [2.75, 3.05) is 39.4 Å². The highest BCUT2D eigenvalue weighted by Crippen LogP contribution is 2.38. The summed E-state index contributed by atoms with van der Waals surface area (Å²) in [7, 11) is 0. The Balaban J connectivity index is 1.54. The number of amides is 1. The first-order chi connectivity index (χ1) is 17.1. The number of hydrogen-bond acceptors (Lipinski definition) is 6. The van der Waals surface area contributed by atoms with Crippen molar-refractivity contribution in [2.24, 2.45) is 0 Å². The number of Topliss-reactive ketones (excluding diaryl/α,β-unsaturated/α-hetero) is 1. The van der Waals surface area contributed by atoms with E-state index in [1.54, 1.807) is 36.1 Å². The van der Waals surface area contributed by atoms with E-state index in [1.807, 2.05) is 30.3 Å². The number of para-hydroxylation sites is 1. The van der Waals surface area contributed by atoms with Gasteiger partial charge in [0.2, 0.25) is 5.78 Å². The molecular formula is C26H27N5O4. The van der Waals surface area contributed by atoms with Crippen LogP contribution in [-0.2, 0) is 14.3 Å². The maximum absolute atomic E-state index is 13.8. The minimum atomic E-state index is -0.759. The molecule has 4 heterocycles. The molecule has 0 bridgehead atoms. The summed E-state index contributed by atoms with van der Waals surface area (Å²) >= 11 is 0. The number of nitrogens with one attached hydrogen (secondary N) is 1. The Hall–Kier alpha value is -3.82. The molecule has 1 aromatic carbocycles. The van der Waals surface area contributed by atoms with Crippen molar-refractivity contribution in [1.82, 2.24) is 19.7 Å². The average molecular weight is 474 g/mol. The van der Waals surface area contributed by atoms with Crippen LogP contribution < -0.4 is 10.0 Å². The Morgan fingerprint density at radius 1 is 1.11 bits per heavy atom. The molecule has 0 aliphatic carbocycles. The van der Waals surface area contributed by atoms with Crippen molar-refractivity contribution in [1.29, 1.82) is 0 Å². The fourth-order valence-corrected chi connectivity index (χ4v) is 4.79. The molecule has 1 unspecified atom stereocenters. The van der Waals surface area contributed by atoms with Crippen molar-refractivity contribution in [3.63, 3.8) is 0 Å². The maximum atomic E-state index is 13.8. The molecule has 180 valence electrons. The lowest BCUT2D eigenvalue weighted by Gasteiger charge is -2.30. The predicted octanol–water partition coefficient (Wildman–Crippen LogP) is -0.285. The van der Waals surface area contributed by atoms with Crippen molar-refractivity contribution in [3.8, 4) is 5.69 Å². The van der Waals surface area contributed by atoms with Crippen LogP contribution in [0.1, 0.15) is 22.9 Å². The molecule has 2 aliphatic heterocycles. The van der Waals surface area contributed by atoms with Crippen LogP contribution in [0.4, 0.5) is 0 Å². The molecule has 35 heavy (non-hydrogen) atoms. The zero-order valence-electron chi connectivity index (χ0n) is 19.5. The van der Waals surface area contributed by atoms with E-state index in [-0.39, 0.29) is 5.57 Å². The molecule has 0 radical (unpaired) electrons. The Morgan fingerprint density at radius 3 is 2.54 bits per heavy atom. The first-order valence-corrected chi connectivity index (χ1v) is 11.7. The minimum Gasteiger partial charge on any atom is -0.872 e. The SMILES string of the molecule is Cc1c(C([O-])=C2C(=O)C(=O)N(CC[NH+]3CCOCC3)C2c2ccncc2)cnn1-c1ccccc1. The third kappa shape index (κ3) is 4.36. The smallest absolute Gasteiger partial charge is 0.295 e. The van der Waals surface area contributed by atoms with Crippen LogP contribution >= 0.6 is 0 Å². The molecular weight excluding hydrogens is 446 g/mol. The molecule has 2 fully saturated rings. The van der Waals surface area contributed by atoms with Crippen LogP contribution in [0.5, 0.6) is 0 Å². The Kier molecular flexibility index (Phi) is 6.43. The second kappa shape index (κ2) is 9.81. The number of nitrogens with zero attached hydrogens (tertiary/aromatic N) is 4. The molecule has 1 atom stereocenters. The van der Waals surface area contributed by atoms with E-state index in [0.29, 0.717) is 43.1 Å². The van der Waals surface area contributed by atoms with Crippen molar-refractivity contribution < 1.29 is 24.3 Å². The number of pyridine rings is 1. The van der Waals surface area contributed by atoms with E-state index in [9.17, 15) is 14.7 Å². The number of ketones is 1. The second-order valence-electron chi connectivity index (χ2n) is 8.76. The van der Waals surface area contributed by atoms with E-state index in [1.165, 1.54) is 16.0 Å². The van der Waals surface area contributed by atoms with Gasteiger partial charge in [-0.1, -0.05) is 24.0 Å². The fourth-order valence-electron chi connectivity index (χ4n) is 4.79. The number of quaternary nitrogens is 1. The highest BCUT2D eigenvalue weighted by molar-refractivity contribution is 6.46. The number of aromatic nitrogens is 3. The van der Waals surface area contributed by atoms with E-state index < -0.39 is 23.5 Å². The Labute approximate surface area is 203 Å². The summed E-state index contributed by atoms with van der Waals surface area (Å²) in [4.78, 5) is 33.3. The molecule has 0 spiro atoms. The summed E-state index contributed by atoms with van der Waals surface area (Å²) in [6.45, 7) is 5.89. The molecule has 5 rings (SSSR count).